The van der Waals surface area contributed by atoms with Crippen molar-refractivity contribution in [1.29, 1.82) is 0 Å². The minimum atomic E-state index is -0.234. The molecule has 0 atom stereocenters. The van der Waals surface area contributed by atoms with Crippen molar-refractivity contribution in [3.8, 4) is 11.4 Å². The van der Waals surface area contributed by atoms with E-state index in [1.807, 2.05) is 0 Å². The molecule has 0 fully saturated rings. The SMILES string of the molecule is O=C(CCc1nc(-c2ccncc2)no1)Nc1noc2ncccc12. The standard InChI is InChI=1S/C16H12N6O3/c23-12(19-15-11-2-1-7-18-16(11)25-22-15)3-4-13-20-14(21-24-13)10-5-8-17-9-6-10/h1-2,5-9H,3-4H2,(H,19,22,23). The summed E-state index contributed by atoms with van der Waals surface area (Å²) in [4.78, 5) is 24.3. The van der Waals surface area contributed by atoms with Crippen molar-refractivity contribution in [2.75, 3.05) is 5.32 Å². The maximum absolute atomic E-state index is 12.1. The van der Waals surface area contributed by atoms with Gasteiger partial charge in [0.25, 0.3) is 5.71 Å². The third kappa shape index (κ3) is 3.20. The third-order valence-electron chi connectivity index (χ3n) is 3.48. The number of hydrogen-bond donors (Lipinski definition) is 1. The van der Waals surface area contributed by atoms with Crippen molar-refractivity contribution < 1.29 is 13.8 Å². The molecule has 9 nitrogen and oxygen atoms in total. The van der Waals surface area contributed by atoms with Gasteiger partial charge >= 0.3 is 0 Å². The number of rotatable bonds is 5. The molecule has 124 valence electrons. The number of pyridine rings is 2. The molecule has 0 aromatic carbocycles. The second-order valence-corrected chi connectivity index (χ2v) is 5.18. The van der Waals surface area contributed by atoms with Gasteiger partial charge in [-0.1, -0.05) is 10.3 Å². The van der Waals surface area contributed by atoms with Gasteiger partial charge in [0.2, 0.25) is 17.6 Å². The van der Waals surface area contributed by atoms with Gasteiger partial charge < -0.3 is 14.4 Å². The Hall–Kier alpha value is -3.62. The van der Waals surface area contributed by atoms with Crippen molar-refractivity contribution in [3.63, 3.8) is 0 Å². The fourth-order valence-corrected chi connectivity index (χ4v) is 2.26. The summed E-state index contributed by atoms with van der Waals surface area (Å²) in [5, 5.41) is 11.0. The Kier molecular flexibility index (Phi) is 3.87. The number of aromatic nitrogens is 5. The average molecular weight is 336 g/mol. The minimum Gasteiger partial charge on any atom is -0.339 e. The van der Waals surface area contributed by atoms with Crippen molar-refractivity contribution >= 4 is 22.8 Å². The van der Waals surface area contributed by atoms with Crippen LogP contribution in [0.1, 0.15) is 12.3 Å². The summed E-state index contributed by atoms with van der Waals surface area (Å²) in [7, 11) is 0. The summed E-state index contributed by atoms with van der Waals surface area (Å²) < 4.78 is 10.2. The molecule has 4 aromatic heterocycles. The molecule has 4 aromatic rings. The highest BCUT2D eigenvalue weighted by molar-refractivity contribution is 5.97. The number of carbonyl (C=O) groups excluding carboxylic acids is 1. The predicted molar refractivity (Wildman–Crippen MR) is 86.3 cm³/mol. The monoisotopic (exact) mass is 336 g/mol. The number of hydrogen-bond acceptors (Lipinski definition) is 8. The Morgan fingerprint density at radius 2 is 1.96 bits per heavy atom. The van der Waals surface area contributed by atoms with Crippen LogP contribution in [-0.2, 0) is 11.2 Å². The van der Waals surface area contributed by atoms with Crippen molar-refractivity contribution in [1.82, 2.24) is 25.3 Å². The van der Waals surface area contributed by atoms with E-state index in [-0.39, 0.29) is 12.3 Å². The number of nitrogens with zero attached hydrogens (tertiary/aromatic N) is 5. The summed E-state index contributed by atoms with van der Waals surface area (Å²) >= 11 is 0. The van der Waals surface area contributed by atoms with Crippen molar-refractivity contribution in [3.05, 3.63) is 48.7 Å². The zero-order valence-electron chi connectivity index (χ0n) is 12.9. The zero-order valence-corrected chi connectivity index (χ0v) is 12.9. The number of fused-ring (bicyclic) bond motifs is 1. The Bertz CT molecular complexity index is 1010. The van der Waals surface area contributed by atoms with E-state index >= 15 is 0 Å². The van der Waals surface area contributed by atoms with Crippen LogP contribution < -0.4 is 5.32 Å². The number of nitrogens with one attached hydrogen (secondary N) is 1. The Morgan fingerprint density at radius 3 is 2.84 bits per heavy atom. The molecule has 0 radical (unpaired) electrons. The molecule has 25 heavy (non-hydrogen) atoms. The highest BCUT2D eigenvalue weighted by Gasteiger charge is 2.14. The second kappa shape index (κ2) is 6.48. The Labute approximate surface area is 141 Å². The van der Waals surface area contributed by atoms with E-state index < -0.39 is 0 Å². The highest BCUT2D eigenvalue weighted by atomic mass is 16.5. The van der Waals surface area contributed by atoms with E-state index in [2.05, 4.69) is 30.6 Å². The smallest absolute Gasteiger partial charge is 0.259 e. The molecule has 0 unspecified atom stereocenters. The molecule has 1 amide bonds. The van der Waals surface area contributed by atoms with E-state index in [0.717, 1.165) is 5.56 Å². The molecule has 0 saturated carbocycles. The fourth-order valence-electron chi connectivity index (χ4n) is 2.26. The van der Waals surface area contributed by atoms with Gasteiger partial charge in [-0.3, -0.25) is 9.78 Å². The van der Waals surface area contributed by atoms with Gasteiger partial charge in [-0.15, -0.1) is 0 Å². The molecule has 0 aliphatic rings. The highest BCUT2D eigenvalue weighted by Crippen LogP contribution is 2.20. The lowest BCUT2D eigenvalue weighted by Crippen LogP contribution is -2.12. The van der Waals surface area contributed by atoms with Crippen LogP contribution in [0.15, 0.2) is 51.9 Å². The molecule has 0 spiro atoms. The van der Waals surface area contributed by atoms with E-state index in [0.29, 0.717) is 35.1 Å². The summed E-state index contributed by atoms with van der Waals surface area (Å²) in [6.45, 7) is 0. The molecule has 9 heteroatoms. The minimum absolute atomic E-state index is 0.173. The molecular weight excluding hydrogens is 324 g/mol. The molecule has 0 saturated heterocycles. The van der Waals surface area contributed by atoms with Crippen LogP contribution in [0.4, 0.5) is 5.82 Å². The summed E-state index contributed by atoms with van der Waals surface area (Å²) in [6, 6.07) is 7.08. The molecule has 4 rings (SSSR count). The van der Waals surface area contributed by atoms with Crippen molar-refractivity contribution in [2.24, 2.45) is 0 Å². The maximum atomic E-state index is 12.1. The summed E-state index contributed by atoms with van der Waals surface area (Å²) in [5.41, 5.74) is 1.17. The molecular formula is C16H12N6O3. The number of anilines is 1. The lowest BCUT2D eigenvalue weighted by Gasteiger charge is -1.99. The lowest BCUT2D eigenvalue weighted by atomic mass is 10.2. The first kappa shape index (κ1) is 14.9. The Balaban J connectivity index is 1.38. The van der Waals surface area contributed by atoms with Gasteiger partial charge in [-0.05, 0) is 24.3 Å². The van der Waals surface area contributed by atoms with Gasteiger partial charge in [-0.2, -0.15) is 4.98 Å². The first-order valence-electron chi connectivity index (χ1n) is 7.53. The first-order chi connectivity index (χ1) is 12.3. The van der Waals surface area contributed by atoms with E-state index in [1.54, 1.807) is 42.9 Å². The maximum Gasteiger partial charge on any atom is 0.259 e. The number of carbonyl (C=O) groups is 1. The van der Waals surface area contributed by atoms with E-state index in [9.17, 15) is 4.79 Å². The van der Waals surface area contributed by atoms with Crippen LogP contribution in [0, 0.1) is 0 Å². The molecule has 0 bridgehead atoms. The van der Waals surface area contributed by atoms with Gasteiger partial charge in [0, 0.05) is 37.0 Å². The molecule has 0 aliphatic carbocycles. The van der Waals surface area contributed by atoms with Gasteiger partial charge in [0.15, 0.2) is 5.82 Å². The third-order valence-corrected chi connectivity index (χ3v) is 3.48. The van der Waals surface area contributed by atoms with Crippen LogP contribution in [0.2, 0.25) is 0 Å². The normalized spacial score (nSPS) is 10.9. The van der Waals surface area contributed by atoms with Crippen LogP contribution >= 0.6 is 0 Å². The van der Waals surface area contributed by atoms with Crippen LogP contribution in [0.25, 0.3) is 22.5 Å². The molecule has 0 aliphatic heterocycles. The van der Waals surface area contributed by atoms with Gasteiger partial charge in [-0.25, -0.2) is 4.98 Å². The number of aryl methyl sites for hydroxylation is 1. The first-order valence-corrected chi connectivity index (χ1v) is 7.53. The predicted octanol–water partition coefficient (Wildman–Crippen LogP) is 2.24. The number of amides is 1. The summed E-state index contributed by atoms with van der Waals surface area (Å²) in [5.74, 6) is 0.957. The zero-order chi connectivity index (χ0) is 17.1. The second-order valence-electron chi connectivity index (χ2n) is 5.18. The van der Waals surface area contributed by atoms with Crippen LogP contribution in [0.5, 0.6) is 0 Å². The largest absolute Gasteiger partial charge is 0.339 e. The van der Waals surface area contributed by atoms with Crippen LogP contribution in [0.3, 0.4) is 0 Å². The Morgan fingerprint density at radius 1 is 1.08 bits per heavy atom. The quantitative estimate of drug-likeness (QED) is 0.589. The lowest BCUT2D eigenvalue weighted by molar-refractivity contribution is -0.116. The van der Waals surface area contributed by atoms with E-state index in [4.69, 9.17) is 9.05 Å². The molecule has 1 N–H and O–H groups in total. The van der Waals surface area contributed by atoms with Crippen molar-refractivity contribution in [2.45, 2.75) is 12.8 Å². The average Bonchev–Trinajstić information content (AvgIpc) is 3.28. The topological polar surface area (TPSA) is 120 Å². The fraction of sp³-hybridized carbons (Fsp3) is 0.125. The summed E-state index contributed by atoms with van der Waals surface area (Å²) in [6.07, 6.45) is 5.38. The molecule has 4 heterocycles. The van der Waals surface area contributed by atoms with Crippen LogP contribution in [-0.4, -0.2) is 31.2 Å². The van der Waals surface area contributed by atoms with Gasteiger partial charge in [0.1, 0.15) is 0 Å². The van der Waals surface area contributed by atoms with Gasteiger partial charge in [0.05, 0.1) is 5.39 Å². The van der Waals surface area contributed by atoms with E-state index in [1.165, 1.54) is 0 Å².